The Kier molecular flexibility index (Phi) is 4.24. The number of piperidine rings is 1. The molecule has 0 aromatic carbocycles. The zero-order valence-corrected chi connectivity index (χ0v) is 10.6. The third kappa shape index (κ3) is 3.15. The molecule has 0 aliphatic carbocycles. The van der Waals surface area contributed by atoms with Gasteiger partial charge in [-0.3, -0.25) is 4.79 Å². The summed E-state index contributed by atoms with van der Waals surface area (Å²) in [6.07, 6.45) is -0.181. The summed E-state index contributed by atoms with van der Waals surface area (Å²) in [5.41, 5.74) is -0.278. The normalized spacial score (nSPS) is 16.7. The molecule has 0 spiro atoms. The number of anilines is 1. The lowest BCUT2D eigenvalue weighted by Crippen LogP contribution is -2.37. The number of carbonyl (C=O) groups is 1. The molecule has 0 N–H and O–H groups in total. The zero-order valence-electron chi connectivity index (χ0n) is 10.6. The van der Waals surface area contributed by atoms with Crippen LogP contribution in [0.25, 0.3) is 0 Å². The first-order valence-electron chi connectivity index (χ1n) is 6.04. The number of alkyl halides is 2. The second kappa shape index (κ2) is 5.90. The van der Waals surface area contributed by atoms with E-state index in [0.717, 1.165) is 6.33 Å². The van der Waals surface area contributed by atoms with Gasteiger partial charge >= 0.3 is 5.97 Å². The smallest absolute Gasteiger partial charge is 0.308 e. The molecule has 0 bridgehead atoms. The lowest BCUT2D eigenvalue weighted by Gasteiger charge is -2.31. The number of esters is 1. The molecule has 1 aromatic rings. The van der Waals surface area contributed by atoms with Gasteiger partial charge in [0.05, 0.1) is 13.0 Å². The fourth-order valence-corrected chi connectivity index (χ4v) is 2.16. The van der Waals surface area contributed by atoms with Crippen molar-refractivity contribution in [3.05, 3.63) is 18.1 Å². The van der Waals surface area contributed by atoms with Gasteiger partial charge < -0.3 is 9.64 Å². The molecular weight excluding hydrogens is 256 g/mol. The van der Waals surface area contributed by atoms with Gasteiger partial charge in [0.15, 0.2) is 0 Å². The van der Waals surface area contributed by atoms with Gasteiger partial charge in [-0.1, -0.05) is 0 Å². The molecule has 7 heteroatoms. The van der Waals surface area contributed by atoms with E-state index < -0.39 is 6.43 Å². The summed E-state index contributed by atoms with van der Waals surface area (Å²) >= 11 is 0. The number of rotatable bonds is 3. The van der Waals surface area contributed by atoms with Crippen molar-refractivity contribution in [3.8, 4) is 0 Å². The molecule has 19 heavy (non-hydrogen) atoms. The molecule has 1 aliphatic rings. The van der Waals surface area contributed by atoms with Crippen molar-refractivity contribution in [1.29, 1.82) is 0 Å². The van der Waals surface area contributed by atoms with Gasteiger partial charge in [-0.15, -0.1) is 0 Å². The van der Waals surface area contributed by atoms with Crippen molar-refractivity contribution >= 4 is 11.8 Å². The molecule has 0 saturated carbocycles. The number of hydrogen-bond donors (Lipinski definition) is 0. The van der Waals surface area contributed by atoms with Crippen molar-refractivity contribution in [1.82, 2.24) is 9.97 Å². The van der Waals surface area contributed by atoms with Crippen LogP contribution in [0.2, 0.25) is 0 Å². The van der Waals surface area contributed by atoms with E-state index in [2.05, 4.69) is 9.97 Å². The lowest BCUT2D eigenvalue weighted by atomic mass is 9.97. The van der Waals surface area contributed by atoms with E-state index in [0.29, 0.717) is 31.7 Å². The molecule has 104 valence electrons. The number of carbonyl (C=O) groups excluding carboxylic acids is 1. The minimum Gasteiger partial charge on any atom is -0.469 e. The topological polar surface area (TPSA) is 55.3 Å². The molecule has 5 nitrogen and oxygen atoms in total. The van der Waals surface area contributed by atoms with Gasteiger partial charge in [-0.05, 0) is 12.8 Å². The standard InChI is InChI=1S/C12H15F2N3O2/c1-19-12(18)8-2-4-17(5-3-8)10-6-9(11(13)14)15-7-16-10/h6-8,11H,2-5H2,1H3. The Morgan fingerprint density at radius 2 is 2.11 bits per heavy atom. The summed E-state index contributed by atoms with van der Waals surface area (Å²) in [4.78, 5) is 20.8. The monoisotopic (exact) mass is 271 g/mol. The van der Waals surface area contributed by atoms with E-state index in [9.17, 15) is 13.6 Å². The molecule has 0 amide bonds. The van der Waals surface area contributed by atoms with Gasteiger partial charge in [0, 0.05) is 19.2 Å². The maximum absolute atomic E-state index is 12.6. The van der Waals surface area contributed by atoms with Crippen molar-refractivity contribution in [3.63, 3.8) is 0 Å². The van der Waals surface area contributed by atoms with E-state index >= 15 is 0 Å². The first-order valence-corrected chi connectivity index (χ1v) is 6.04. The fourth-order valence-electron chi connectivity index (χ4n) is 2.16. The minimum atomic E-state index is -2.60. The van der Waals surface area contributed by atoms with Crippen LogP contribution in [0, 0.1) is 5.92 Å². The molecule has 0 radical (unpaired) electrons. The Morgan fingerprint density at radius 3 is 2.68 bits per heavy atom. The first-order chi connectivity index (χ1) is 9.11. The van der Waals surface area contributed by atoms with Crippen molar-refractivity contribution in [2.75, 3.05) is 25.1 Å². The maximum atomic E-state index is 12.6. The Bertz CT molecular complexity index is 448. The number of hydrogen-bond acceptors (Lipinski definition) is 5. The SMILES string of the molecule is COC(=O)C1CCN(c2cc(C(F)F)ncn2)CC1. The van der Waals surface area contributed by atoms with E-state index in [1.165, 1.54) is 13.2 Å². The highest BCUT2D eigenvalue weighted by Gasteiger charge is 2.26. The van der Waals surface area contributed by atoms with E-state index in [-0.39, 0.29) is 17.6 Å². The maximum Gasteiger partial charge on any atom is 0.308 e. The van der Waals surface area contributed by atoms with Crippen LogP contribution < -0.4 is 4.90 Å². The van der Waals surface area contributed by atoms with Crippen LogP contribution in [0.4, 0.5) is 14.6 Å². The fraction of sp³-hybridized carbons (Fsp3) is 0.583. The number of methoxy groups -OCH3 is 1. The average molecular weight is 271 g/mol. The number of aromatic nitrogens is 2. The van der Waals surface area contributed by atoms with Gasteiger partial charge in [0.25, 0.3) is 6.43 Å². The molecule has 1 saturated heterocycles. The molecule has 0 atom stereocenters. The predicted molar refractivity (Wildman–Crippen MR) is 63.9 cm³/mol. The van der Waals surface area contributed by atoms with E-state index in [1.807, 2.05) is 4.90 Å². The van der Waals surface area contributed by atoms with Crippen LogP contribution >= 0.6 is 0 Å². The zero-order chi connectivity index (χ0) is 13.8. The second-order valence-electron chi connectivity index (χ2n) is 4.39. The molecule has 1 aliphatic heterocycles. The predicted octanol–water partition coefficient (Wildman–Crippen LogP) is 1.80. The molecule has 0 unspecified atom stereocenters. The number of nitrogens with zero attached hydrogens (tertiary/aromatic N) is 3. The Balaban J connectivity index is 2.01. The summed E-state index contributed by atoms with van der Waals surface area (Å²) < 4.78 is 29.8. The van der Waals surface area contributed by atoms with Gasteiger partial charge in [-0.2, -0.15) is 0 Å². The third-order valence-electron chi connectivity index (χ3n) is 3.25. The highest BCUT2D eigenvalue weighted by atomic mass is 19.3. The highest BCUT2D eigenvalue weighted by Crippen LogP contribution is 2.25. The van der Waals surface area contributed by atoms with Gasteiger partial charge in [-0.25, -0.2) is 18.7 Å². The number of ether oxygens (including phenoxy) is 1. The molecule has 2 rings (SSSR count). The Morgan fingerprint density at radius 1 is 1.42 bits per heavy atom. The number of halogens is 2. The first kappa shape index (κ1) is 13.6. The van der Waals surface area contributed by atoms with E-state index in [4.69, 9.17) is 4.74 Å². The Hall–Kier alpha value is -1.79. The van der Waals surface area contributed by atoms with Crippen LogP contribution in [0.15, 0.2) is 12.4 Å². The third-order valence-corrected chi connectivity index (χ3v) is 3.25. The van der Waals surface area contributed by atoms with Crippen LogP contribution in [-0.4, -0.2) is 36.1 Å². The summed E-state index contributed by atoms with van der Waals surface area (Å²) in [6, 6.07) is 1.29. The highest BCUT2D eigenvalue weighted by molar-refractivity contribution is 5.72. The summed E-state index contributed by atoms with van der Waals surface area (Å²) in [7, 11) is 1.37. The molecule has 1 fully saturated rings. The van der Waals surface area contributed by atoms with Crippen molar-refractivity contribution < 1.29 is 18.3 Å². The summed E-state index contributed by atoms with van der Waals surface area (Å²) in [6.45, 7) is 1.19. The van der Waals surface area contributed by atoms with Crippen LogP contribution in [-0.2, 0) is 9.53 Å². The van der Waals surface area contributed by atoms with Crippen molar-refractivity contribution in [2.24, 2.45) is 5.92 Å². The lowest BCUT2D eigenvalue weighted by molar-refractivity contribution is -0.146. The quantitative estimate of drug-likeness (QED) is 0.785. The summed E-state index contributed by atoms with van der Waals surface area (Å²) in [5.74, 6) is 0.155. The molecular formula is C12H15F2N3O2. The van der Waals surface area contributed by atoms with Gasteiger partial charge in [0.2, 0.25) is 0 Å². The van der Waals surface area contributed by atoms with Crippen molar-refractivity contribution in [2.45, 2.75) is 19.3 Å². The second-order valence-corrected chi connectivity index (χ2v) is 4.39. The van der Waals surface area contributed by atoms with Crippen LogP contribution in [0.5, 0.6) is 0 Å². The van der Waals surface area contributed by atoms with Crippen LogP contribution in [0.3, 0.4) is 0 Å². The molecule has 1 aromatic heterocycles. The Labute approximate surface area is 109 Å². The minimum absolute atomic E-state index is 0.113. The van der Waals surface area contributed by atoms with E-state index in [1.54, 1.807) is 0 Å². The average Bonchev–Trinajstić information content (AvgIpc) is 2.46. The van der Waals surface area contributed by atoms with Gasteiger partial charge in [0.1, 0.15) is 17.8 Å². The summed E-state index contributed by atoms with van der Waals surface area (Å²) in [5, 5.41) is 0. The largest absolute Gasteiger partial charge is 0.469 e. The van der Waals surface area contributed by atoms with Crippen LogP contribution in [0.1, 0.15) is 25.0 Å². The molecule has 2 heterocycles.